The van der Waals surface area contributed by atoms with Crippen LogP contribution in [0.3, 0.4) is 0 Å². The molecule has 0 bridgehead atoms. The third-order valence-electron chi connectivity index (χ3n) is 14.6. The van der Waals surface area contributed by atoms with Crippen LogP contribution in [0.4, 0.5) is 13.2 Å². The van der Waals surface area contributed by atoms with Crippen molar-refractivity contribution in [1.29, 1.82) is 0 Å². The number of carbonyl (C=O) groups is 1. The lowest BCUT2D eigenvalue weighted by Gasteiger charge is -2.70. The SMILES string of the molecule is C[C@H]1[C@H](C)CC[C@]2(C(=O)OCc3ccccc3)CC[C@]3(C)C(=CCC4[C@@]5(C)CC=C(OS(=O)(=O)C(F)(F)F)C(C)(C)[C@@H]5CC[C@]43C)[C@H]12. The van der Waals surface area contributed by atoms with Gasteiger partial charge in [0.05, 0.1) is 5.41 Å². The summed E-state index contributed by atoms with van der Waals surface area (Å²) in [4.78, 5) is 14.2. The molecule has 0 radical (unpaired) electrons. The van der Waals surface area contributed by atoms with E-state index in [4.69, 9.17) is 8.92 Å². The van der Waals surface area contributed by atoms with E-state index in [0.717, 1.165) is 50.5 Å². The molecule has 1 aromatic carbocycles. The lowest BCUT2D eigenvalue weighted by Crippen LogP contribution is -2.64. The highest BCUT2D eigenvalue weighted by atomic mass is 32.2. The summed E-state index contributed by atoms with van der Waals surface area (Å²) in [5.41, 5.74) is -5.07. The fourth-order valence-electron chi connectivity index (χ4n) is 11.6. The predicted octanol–water partition coefficient (Wildman–Crippen LogP) is 9.75. The van der Waals surface area contributed by atoms with Gasteiger partial charge in [-0.3, -0.25) is 4.79 Å². The first-order chi connectivity index (χ1) is 21.7. The van der Waals surface area contributed by atoms with Crippen LogP contribution in [0.5, 0.6) is 0 Å². The van der Waals surface area contributed by atoms with E-state index in [1.807, 2.05) is 44.2 Å². The molecule has 1 unspecified atom stereocenters. The number of rotatable bonds is 5. The molecule has 0 aromatic heterocycles. The molecule has 9 atom stereocenters. The summed E-state index contributed by atoms with van der Waals surface area (Å²) < 4.78 is 75.0. The van der Waals surface area contributed by atoms with Crippen LogP contribution < -0.4 is 0 Å². The van der Waals surface area contributed by atoms with Crippen LogP contribution in [-0.2, 0) is 30.4 Å². The number of alkyl halides is 3. The van der Waals surface area contributed by atoms with E-state index in [9.17, 15) is 26.4 Å². The smallest absolute Gasteiger partial charge is 0.460 e. The second kappa shape index (κ2) is 11.1. The molecule has 5 nitrogen and oxygen atoms in total. The van der Waals surface area contributed by atoms with Gasteiger partial charge in [-0.15, -0.1) is 0 Å². The van der Waals surface area contributed by atoms with Crippen molar-refractivity contribution in [2.45, 2.75) is 112 Å². The van der Waals surface area contributed by atoms with Crippen molar-refractivity contribution in [2.75, 3.05) is 0 Å². The first-order valence-corrected chi connectivity index (χ1v) is 18.8. The lowest BCUT2D eigenvalue weighted by molar-refractivity contribution is -0.186. The fourth-order valence-corrected chi connectivity index (χ4v) is 12.2. The number of carbonyl (C=O) groups excluding carboxylic acids is 1. The maximum absolute atomic E-state index is 14.2. The number of hydrogen-bond donors (Lipinski definition) is 0. The number of esters is 1. The lowest BCUT2D eigenvalue weighted by atomic mass is 9.34. The maximum Gasteiger partial charge on any atom is 0.534 e. The van der Waals surface area contributed by atoms with E-state index >= 15 is 0 Å². The van der Waals surface area contributed by atoms with Crippen molar-refractivity contribution in [3.8, 4) is 0 Å². The average Bonchev–Trinajstić information content (AvgIpc) is 2.99. The van der Waals surface area contributed by atoms with Gasteiger partial charge in [-0.1, -0.05) is 90.4 Å². The van der Waals surface area contributed by atoms with Crippen molar-refractivity contribution in [1.82, 2.24) is 0 Å². The Hall–Kier alpha value is -2.29. The van der Waals surface area contributed by atoms with Crippen LogP contribution in [0, 0.1) is 56.7 Å². The summed E-state index contributed by atoms with van der Waals surface area (Å²) >= 11 is 0. The van der Waals surface area contributed by atoms with Crippen LogP contribution in [0.25, 0.3) is 0 Å². The molecular weight excluding hydrogens is 625 g/mol. The number of ether oxygens (including phenoxy) is 1. The molecule has 0 saturated heterocycles. The molecule has 6 rings (SSSR count). The van der Waals surface area contributed by atoms with E-state index in [2.05, 4.69) is 40.7 Å². The van der Waals surface area contributed by atoms with Gasteiger partial charge in [-0.2, -0.15) is 21.6 Å². The van der Waals surface area contributed by atoms with Crippen LogP contribution in [0.2, 0.25) is 0 Å². The molecule has 1 aromatic rings. The van der Waals surface area contributed by atoms with Gasteiger partial charge in [0.1, 0.15) is 12.4 Å². The summed E-state index contributed by atoms with van der Waals surface area (Å²) in [7, 11) is -5.76. The third kappa shape index (κ3) is 4.97. The summed E-state index contributed by atoms with van der Waals surface area (Å²) in [6.45, 7) is 15.7. The Labute approximate surface area is 278 Å². The summed E-state index contributed by atoms with van der Waals surface area (Å²) in [5, 5.41) is 0. The van der Waals surface area contributed by atoms with Crippen LogP contribution in [0.15, 0.2) is 53.8 Å². The molecule has 5 aliphatic carbocycles. The van der Waals surface area contributed by atoms with Crippen molar-refractivity contribution < 1.29 is 35.3 Å². The highest BCUT2D eigenvalue weighted by molar-refractivity contribution is 7.87. The quantitative estimate of drug-likeness (QED) is 0.134. The Morgan fingerprint density at radius 3 is 2.26 bits per heavy atom. The van der Waals surface area contributed by atoms with E-state index in [1.165, 1.54) is 5.57 Å². The average molecular weight is 677 g/mol. The van der Waals surface area contributed by atoms with Gasteiger partial charge in [0, 0.05) is 5.41 Å². The molecule has 47 heavy (non-hydrogen) atoms. The fraction of sp³-hybridized carbons (Fsp3) is 0.711. The van der Waals surface area contributed by atoms with E-state index in [-0.39, 0.29) is 52.3 Å². The first kappa shape index (κ1) is 34.6. The molecule has 3 fully saturated rings. The van der Waals surface area contributed by atoms with E-state index < -0.39 is 26.5 Å². The van der Waals surface area contributed by atoms with Crippen LogP contribution in [-0.4, -0.2) is 19.9 Å². The maximum atomic E-state index is 14.2. The van der Waals surface area contributed by atoms with Crippen LogP contribution in [0.1, 0.15) is 105 Å². The minimum Gasteiger partial charge on any atom is -0.460 e. The van der Waals surface area contributed by atoms with Crippen molar-refractivity contribution in [3.05, 3.63) is 59.4 Å². The minimum absolute atomic E-state index is 0.0562. The molecule has 5 aliphatic rings. The molecular formula is C38H51F3O5S. The Balaban J connectivity index is 1.35. The normalized spacial score (nSPS) is 41.2. The van der Waals surface area contributed by atoms with Gasteiger partial charge in [-0.05, 0) is 109 Å². The van der Waals surface area contributed by atoms with Crippen LogP contribution >= 0.6 is 0 Å². The third-order valence-corrected chi connectivity index (χ3v) is 15.6. The van der Waals surface area contributed by atoms with Gasteiger partial charge in [0.25, 0.3) is 0 Å². The second-order valence-corrected chi connectivity index (χ2v) is 18.4. The molecule has 260 valence electrons. The van der Waals surface area contributed by atoms with Gasteiger partial charge in [0.15, 0.2) is 0 Å². The van der Waals surface area contributed by atoms with E-state index in [0.29, 0.717) is 18.3 Å². The number of halogens is 3. The Morgan fingerprint density at radius 1 is 0.915 bits per heavy atom. The van der Waals surface area contributed by atoms with Crippen molar-refractivity contribution in [3.63, 3.8) is 0 Å². The molecule has 0 amide bonds. The first-order valence-electron chi connectivity index (χ1n) is 17.4. The predicted molar refractivity (Wildman–Crippen MR) is 175 cm³/mol. The summed E-state index contributed by atoms with van der Waals surface area (Å²) in [5.74, 6) is 0.890. The Bertz CT molecular complexity index is 1580. The van der Waals surface area contributed by atoms with Crippen molar-refractivity contribution in [2.24, 2.45) is 56.7 Å². The monoisotopic (exact) mass is 676 g/mol. The molecule has 9 heteroatoms. The van der Waals surface area contributed by atoms with Gasteiger partial charge in [0.2, 0.25) is 0 Å². The van der Waals surface area contributed by atoms with Gasteiger partial charge >= 0.3 is 21.6 Å². The minimum atomic E-state index is -5.76. The van der Waals surface area contributed by atoms with Crippen molar-refractivity contribution >= 4 is 16.1 Å². The Kier molecular flexibility index (Phi) is 8.17. The second-order valence-electron chi connectivity index (χ2n) is 16.8. The highest BCUT2D eigenvalue weighted by Crippen LogP contribution is 2.76. The molecule has 0 spiro atoms. The topological polar surface area (TPSA) is 69.7 Å². The zero-order valence-electron chi connectivity index (χ0n) is 28.9. The van der Waals surface area contributed by atoms with Gasteiger partial charge < -0.3 is 8.92 Å². The summed E-state index contributed by atoms with van der Waals surface area (Å²) in [6.07, 6.45) is 10.4. The standard InChI is InChI=1S/C38H51F3O5S/c1-24-15-20-37(32(42)45-23-26-11-9-8-10-12-26)22-21-35(6)27(31(37)25(24)2)13-14-29-34(5)18-17-30(46-47(43,44)38(39,40)41)33(3,4)28(34)16-19-36(29,35)7/h8-13,17,24-25,28-29,31H,14-16,18-23H2,1-7H3/t24-,25+,28+,29?,31+,34+,35-,36-,37+/m1/s1. The Morgan fingerprint density at radius 2 is 1.60 bits per heavy atom. The highest BCUT2D eigenvalue weighted by Gasteiger charge is 2.69. The number of fused-ring (bicyclic) bond motifs is 7. The number of benzene rings is 1. The zero-order chi connectivity index (χ0) is 34.4. The van der Waals surface area contributed by atoms with E-state index in [1.54, 1.807) is 6.08 Å². The number of allylic oxidation sites excluding steroid dienone is 4. The molecule has 3 saturated carbocycles. The molecule has 0 aliphatic heterocycles. The zero-order valence-corrected chi connectivity index (χ0v) is 29.7. The molecule has 0 heterocycles. The number of hydrogen-bond acceptors (Lipinski definition) is 5. The molecule has 0 N–H and O–H groups in total. The van der Waals surface area contributed by atoms with Gasteiger partial charge in [-0.25, -0.2) is 0 Å². The summed E-state index contributed by atoms with van der Waals surface area (Å²) in [6, 6.07) is 9.85. The largest absolute Gasteiger partial charge is 0.534 e.